The molecule has 0 unspecified atom stereocenters. The number of nitrogens with one attached hydrogen (secondary N) is 1. The van der Waals surface area contributed by atoms with Gasteiger partial charge in [0.25, 0.3) is 0 Å². The van der Waals surface area contributed by atoms with Crippen LogP contribution in [0.1, 0.15) is 40.5 Å². The highest BCUT2D eigenvalue weighted by atomic mass is 16.5. The highest BCUT2D eigenvalue weighted by Gasteiger charge is 2.45. The summed E-state index contributed by atoms with van der Waals surface area (Å²) >= 11 is 0. The van der Waals surface area contributed by atoms with Gasteiger partial charge in [0.2, 0.25) is 0 Å². The predicted molar refractivity (Wildman–Crippen MR) is 57.1 cm³/mol. The lowest BCUT2D eigenvalue weighted by Crippen LogP contribution is -2.61. The van der Waals surface area contributed by atoms with Gasteiger partial charge in [-0.15, -0.1) is 10.3 Å². The Bertz CT molecular complexity index is 262. The van der Waals surface area contributed by atoms with Gasteiger partial charge in [0.15, 0.2) is 0 Å². The molecule has 1 aliphatic rings. The number of piperidine rings is 1. The molecule has 0 aromatic rings. The van der Waals surface area contributed by atoms with E-state index in [4.69, 9.17) is 0 Å². The molecule has 0 aromatic heterocycles. The minimum Gasteiger partial charge on any atom is -0.379 e. The quantitative estimate of drug-likeness (QED) is 0.700. The van der Waals surface area contributed by atoms with E-state index < -0.39 is 11.1 Å². The van der Waals surface area contributed by atoms with Crippen LogP contribution in [0.15, 0.2) is 6.20 Å². The Balaban J connectivity index is 2.79. The minimum absolute atomic E-state index is 0.168. The normalized spacial score (nSPS) is 25.7. The molecule has 0 amide bonds. The summed E-state index contributed by atoms with van der Waals surface area (Å²) in [4.78, 5) is 10.1. The second-order valence-electron chi connectivity index (χ2n) is 5.45. The summed E-state index contributed by atoms with van der Waals surface area (Å²) < 4.78 is 0. The molecule has 1 fully saturated rings. The van der Waals surface area contributed by atoms with Gasteiger partial charge in [-0.3, -0.25) is 0 Å². The van der Waals surface area contributed by atoms with Crippen LogP contribution in [0.4, 0.5) is 0 Å². The first-order chi connectivity index (χ1) is 6.79. The summed E-state index contributed by atoms with van der Waals surface area (Å²) in [5.41, 5.74) is -0.785. The highest BCUT2D eigenvalue weighted by Crippen LogP contribution is 2.36. The molecule has 4 nitrogen and oxygen atoms in total. The van der Waals surface area contributed by atoms with Crippen molar-refractivity contribution < 1.29 is 10.0 Å². The maximum absolute atomic E-state index is 12.0. The molecule has 0 atom stereocenters. The van der Waals surface area contributed by atoms with Crippen molar-refractivity contribution in [3.05, 3.63) is 6.20 Å². The van der Waals surface area contributed by atoms with Crippen molar-refractivity contribution in [1.29, 1.82) is 0 Å². The number of nitrogens with zero attached hydrogens (tertiary/aromatic N) is 1. The molecule has 0 bridgehead atoms. The first-order valence-corrected chi connectivity index (χ1v) is 5.22. The lowest BCUT2D eigenvalue weighted by Gasteiger charge is -2.49. The Morgan fingerprint density at radius 3 is 2.13 bits per heavy atom. The van der Waals surface area contributed by atoms with Gasteiger partial charge in [-0.1, -0.05) is 0 Å². The van der Waals surface area contributed by atoms with Gasteiger partial charge >= 0.3 is 0 Å². The monoisotopic (exact) mass is 211 g/mol. The zero-order chi connectivity index (χ0) is 11.7. The average Bonchev–Trinajstić information content (AvgIpc) is 2.10. The van der Waals surface area contributed by atoms with Gasteiger partial charge in [-0.25, -0.2) is 4.79 Å². The SMILES string of the molecule is CC1(C)CC(NC=C=O)CC(C)(C)N1[O]. The Labute approximate surface area is 90.9 Å². The van der Waals surface area contributed by atoms with Crippen LogP contribution in [0.25, 0.3) is 0 Å². The third-order valence-electron chi connectivity index (χ3n) is 2.97. The first kappa shape index (κ1) is 12.2. The highest BCUT2D eigenvalue weighted by molar-refractivity contribution is 5.44. The van der Waals surface area contributed by atoms with Gasteiger partial charge in [-0.2, -0.15) is 0 Å². The van der Waals surface area contributed by atoms with Crippen molar-refractivity contribution in [1.82, 2.24) is 10.4 Å². The molecule has 4 heteroatoms. The molecule has 1 rings (SSSR count). The van der Waals surface area contributed by atoms with E-state index in [0.717, 1.165) is 12.8 Å². The maximum Gasteiger partial charge on any atom is 0.141 e. The Hall–Kier alpha value is -0.830. The van der Waals surface area contributed by atoms with Crippen LogP contribution in [0.3, 0.4) is 0 Å². The van der Waals surface area contributed by atoms with Crippen LogP contribution < -0.4 is 5.32 Å². The summed E-state index contributed by atoms with van der Waals surface area (Å²) in [5.74, 6) is 1.70. The summed E-state index contributed by atoms with van der Waals surface area (Å²) in [5, 5.41) is 16.1. The molecular formula is C11H19N2O2. The second-order valence-corrected chi connectivity index (χ2v) is 5.45. The van der Waals surface area contributed by atoms with E-state index in [0.29, 0.717) is 0 Å². The summed E-state index contributed by atoms with van der Waals surface area (Å²) in [6.45, 7) is 7.72. The fourth-order valence-corrected chi connectivity index (χ4v) is 2.53. The first-order valence-electron chi connectivity index (χ1n) is 5.22. The summed E-state index contributed by atoms with van der Waals surface area (Å²) in [6, 6.07) is 0.168. The number of hydrogen-bond acceptors (Lipinski definition) is 3. The molecule has 1 radical (unpaired) electrons. The number of carbonyl (C=O) groups excluding carboxylic acids is 1. The standard InChI is InChI=1S/C11H19N2O2/c1-10(2)7-9(12-5-6-14)8-11(3,4)13(10)15/h5,9,12H,7-8H2,1-4H3. The van der Waals surface area contributed by atoms with Crippen molar-refractivity contribution >= 4 is 5.94 Å². The van der Waals surface area contributed by atoms with E-state index in [9.17, 15) is 10.0 Å². The molecule has 0 spiro atoms. The molecule has 0 aromatic carbocycles. The fraction of sp³-hybridized carbons (Fsp3) is 0.818. The zero-order valence-corrected chi connectivity index (χ0v) is 9.83. The third-order valence-corrected chi connectivity index (χ3v) is 2.97. The topological polar surface area (TPSA) is 52.2 Å². The van der Waals surface area contributed by atoms with Crippen LogP contribution in [0, 0.1) is 0 Å². The molecule has 1 saturated heterocycles. The Morgan fingerprint density at radius 1 is 1.27 bits per heavy atom. The van der Waals surface area contributed by atoms with Crippen molar-refractivity contribution in [2.45, 2.75) is 57.7 Å². The molecule has 1 N–H and O–H groups in total. The van der Waals surface area contributed by atoms with E-state index in [1.807, 2.05) is 27.7 Å². The van der Waals surface area contributed by atoms with E-state index in [2.05, 4.69) is 5.32 Å². The van der Waals surface area contributed by atoms with Gasteiger partial charge in [0.05, 0.1) is 6.20 Å². The van der Waals surface area contributed by atoms with Crippen LogP contribution in [0.2, 0.25) is 0 Å². The molecule has 85 valence electrons. The average molecular weight is 211 g/mol. The Kier molecular flexibility index (Phi) is 3.24. The van der Waals surface area contributed by atoms with Gasteiger partial charge in [-0.05, 0) is 40.5 Å². The van der Waals surface area contributed by atoms with E-state index in [1.165, 1.54) is 11.3 Å². The van der Waals surface area contributed by atoms with Gasteiger partial charge in [0.1, 0.15) is 5.94 Å². The maximum atomic E-state index is 12.0. The predicted octanol–water partition coefficient (Wildman–Crippen LogP) is 1.29. The molecule has 1 heterocycles. The van der Waals surface area contributed by atoms with Crippen molar-refractivity contribution in [3.8, 4) is 0 Å². The molecule has 1 aliphatic heterocycles. The molecule has 0 saturated carbocycles. The fourth-order valence-electron chi connectivity index (χ4n) is 2.53. The van der Waals surface area contributed by atoms with E-state index >= 15 is 0 Å². The smallest absolute Gasteiger partial charge is 0.141 e. The van der Waals surface area contributed by atoms with Gasteiger partial charge < -0.3 is 5.32 Å². The lowest BCUT2D eigenvalue weighted by atomic mass is 9.79. The lowest BCUT2D eigenvalue weighted by molar-refractivity contribution is -0.289. The third kappa shape index (κ3) is 2.59. The Morgan fingerprint density at radius 2 is 1.73 bits per heavy atom. The molecule has 15 heavy (non-hydrogen) atoms. The van der Waals surface area contributed by atoms with E-state index in [1.54, 1.807) is 5.94 Å². The van der Waals surface area contributed by atoms with Crippen LogP contribution in [-0.2, 0) is 10.0 Å². The van der Waals surface area contributed by atoms with Crippen molar-refractivity contribution in [2.75, 3.05) is 0 Å². The molecule has 0 aliphatic carbocycles. The zero-order valence-electron chi connectivity index (χ0n) is 9.83. The second kappa shape index (κ2) is 3.97. The number of hydroxylamine groups is 2. The molecular weight excluding hydrogens is 192 g/mol. The summed E-state index contributed by atoms with van der Waals surface area (Å²) in [7, 11) is 0. The largest absolute Gasteiger partial charge is 0.379 e. The minimum atomic E-state index is -0.393. The van der Waals surface area contributed by atoms with Crippen molar-refractivity contribution in [2.24, 2.45) is 0 Å². The van der Waals surface area contributed by atoms with Crippen LogP contribution >= 0.6 is 0 Å². The number of hydrogen-bond donors (Lipinski definition) is 1. The van der Waals surface area contributed by atoms with Gasteiger partial charge in [0, 0.05) is 17.1 Å². The van der Waals surface area contributed by atoms with Crippen LogP contribution in [0.5, 0.6) is 0 Å². The number of rotatable bonds is 2. The summed E-state index contributed by atoms with van der Waals surface area (Å²) in [6.07, 6.45) is 2.76. The van der Waals surface area contributed by atoms with Crippen LogP contribution in [-0.4, -0.2) is 28.1 Å². The van der Waals surface area contributed by atoms with Crippen molar-refractivity contribution in [3.63, 3.8) is 0 Å². The van der Waals surface area contributed by atoms with E-state index in [-0.39, 0.29) is 6.04 Å².